The highest BCUT2D eigenvalue weighted by atomic mass is 16.7. The van der Waals surface area contributed by atoms with Crippen molar-refractivity contribution in [2.75, 3.05) is 13.2 Å². The Kier molecular flexibility index (Phi) is 6.29. The molecule has 20 heavy (non-hydrogen) atoms. The van der Waals surface area contributed by atoms with Gasteiger partial charge in [0.05, 0.1) is 18.6 Å². The van der Waals surface area contributed by atoms with E-state index in [0.29, 0.717) is 19.4 Å². The van der Waals surface area contributed by atoms with Gasteiger partial charge in [-0.3, -0.25) is 4.79 Å². The van der Waals surface area contributed by atoms with Crippen molar-refractivity contribution in [2.45, 2.75) is 58.3 Å². The SMILES string of the molecule is CC(=O)CCC(=O)OCC1OCC(C)(CCC(C)=O)O1. The number of Topliss-reactive ketones (excluding diaryl/α,β-unsaturated/α-hetero) is 2. The lowest BCUT2D eigenvalue weighted by Gasteiger charge is -2.21. The van der Waals surface area contributed by atoms with Crippen LogP contribution in [-0.4, -0.2) is 42.6 Å². The average molecular weight is 286 g/mol. The summed E-state index contributed by atoms with van der Waals surface area (Å²) in [5, 5.41) is 0. The number of hydrogen-bond donors (Lipinski definition) is 0. The molecule has 0 aromatic rings. The quantitative estimate of drug-likeness (QED) is 0.628. The second-order valence-electron chi connectivity index (χ2n) is 5.40. The molecule has 0 bridgehead atoms. The fourth-order valence-corrected chi connectivity index (χ4v) is 1.82. The summed E-state index contributed by atoms with van der Waals surface area (Å²) >= 11 is 0. The van der Waals surface area contributed by atoms with E-state index < -0.39 is 17.9 Å². The number of ether oxygens (including phenoxy) is 3. The van der Waals surface area contributed by atoms with E-state index in [-0.39, 0.29) is 31.0 Å². The fraction of sp³-hybridized carbons (Fsp3) is 0.786. The highest BCUT2D eigenvalue weighted by Crippen LogP contribution is 2.27. The number of hydrogen-bond acceptors (Lipinski definition) is 6. The molecule has 1 aliphatic heterocycles. The van der Waals surface area contributed by atoms with E-state index in [2.05, 4.69) is 0 Å². The van der Waals surface area contributed by atoms with E-state index in [4.69, 9.17) is 14.2 Å². The number of esters is 1. The maximum atomic E-state index is 11.4. The van der Waals surface area contributed by atoms with E-state index in [9.17, 15) is 14.4 Å². The predicted molar refractivity (Wildman–Crippen MR) is 70.0 cm³/mol. The number of ketones is 2. The third-order valence-corrected chi connectivity index (χ3v) is 3.06. The van der Waals surface area contributed by atoms with Crippen LogP contribution in [0.5, 0.6) is 0 Å². The van der Waals surface area contributed by atoms with Gasteiger partial charge in [-0.2, -0.15) is 0 Å². The first-order valence-corrected chi connectivity index (χ1v) is 6.75. The zero-order chi connectivity index (χ0) is 15.2. The molecular formula is C14H22O6. The van der Waals surface area contributed by atoms with Gasteiger partial charge in [-0.15, -0.1) is 0 Å². The van der Waals surface area contributed by atoms with Crippen LogP contribution < -0.4 is 0 Å². The van der Waals surface area contributed by atoms with Crippen molar-refractivity contribution < 1.29 is 28.6 Å². The molecule has 114 valence electrons. The topological polar surface area (TPSA) is 78.9 Å². The summed E-state index contributed by atoms with van der Waals surface area (Å²) in [6, 6.07) is 0. The van der Waals surface area contributed by atoms with Crippen molar-refractivity contribution in [2.24, 2.45) is 0 Å². The zero-order valence-electron chi connectivity index (χ0n) is 12.3. The molecular weight excluding hydrogens is 264 g/mol. The van der Waals surface area contributed by atoms with E-state index in [0.717, 1.165) is 0 Å². The van der Waals surface area contributed by atoms with Gasteiger partial charge in [0.25, 0.3) is 0 Å². The lowest BCUT2D eigenvalue weighted by Crippen LogP contribution is -2.30. The van der Waals surface area contributed by atoms with Crippen LogP contribution in [0.2, 0.25) is 0 Å². The van der Waals surface area contributed by atoms with Crippen molar-refractivity contribution in [1.82, 2.24) is 0 Å². The van der Waals surface area contributed by atoms with Crippen LogP contribution in [0, 0.1) is 0 Å². The normalized spacial score (nSPS) is 25.4. The Morgan fingerprint density at radius 1 is 1.15 bits per heavy atom. The molecule has 1 fully saturated rings. The Bertz CT molecular complexity index is 378. The van der Waals surface area contributed by atoms with Crippen molar-refractivity contribution in [3.63, 3.8) is 0 Å². The summed E-state index contributed by atoms with van der Waals surface area (Å²) in [6.45, 7) is 5.21. The highest BCUT2D eigenvalue weighted by Gasteiger charge is 2.37. The van der Waals surface area contributed by atoms with Crippen LogP contribution in [0.1, 0.15) is 46.5 Å². The first kappa shape index (κ1) is 16.8. The average Bonchev–Trinajstić information content (AvgIpc) is 2.74. The molecule has 0 aromatic heterocycles. The standard InChI is InChI=1S/C14H22O6/c1-10(15)4-5-12(17)18-8-13-19-9-14(3,20-13)7-6-11(2)16/h13H,4-9H2,1-3H3. The number of carbonyl (C=O) groups excluding carboxylic acids is 3. The summed E-state index contributed by atoms with van der Waals surface area (Å²) in [4.78, 5) is 33.1. The molecule has 0 saturated carbocycles. The fourth-order valence-electron chi connectivity index (χ4n) is 1.82. The van der Waals surface area contributed by atoms with E-state index in [1.807, 2.05) is 6.92 Å². The summed E-state index contributed by atoms with van der Waals surface area (Å²) in [7, 11) is 0. The van der Waals surface area contributed by atoms with Crippen LogP contribution in [0.15, 0.2) is 0 Å². The Hall–Kier alpha value is -1.27. The van der Waals surface area contributed by atoms with Crippen LogP contribution in [0.25, 0.3) is 0 Å². The molecule has 1 saturated heterocycles. The molecule has 6 nitrogen and oxygen atoms in total. The molecule has 2 atom stereocenters. The van der Waals surface area contributed by atoms with Gasteiger partial charge in [0, 0.05) is 12.8 Å². The first-order valence-electron chi connectivity index (χ1n) is 6.75. The lowest BCUT2D eigenvalue weighted by molar-refractivity contribution is -0.161. The highest BCUT2D eigenvalue weighted by molar-refractivity contribution is 5.80. The minimum Gasteiger partial charge on any atom is -0.460 e. The molecule has 0 radical (unpaired) electrons. The van der Waals surface area contributed by atoms with E-state index >= 15 is 0 Å². The smallest absolute Gasteiger partial charge is 0.306 e. The number of carbonyl (C=O) groups is 3. The van der Waals surface area contributed by atoms with Crippen molar-refractivity contribution in [3.05, 3.63) is 0 Å². The van der Waals surface area contributed by atoms with Gasteiger partial charge < -0.3 is 23.8 Å². The van der Waals surface area contributed by atoms with E-state index in [1.54, 1.807) is 0 Å². The first-order chi connectivity index (χ1) is 9.31. The molecule has 0 spiro atoms. The largest absolute Gasteiger partial charge is 0.460 e. The predicted octanol–water partition coefficient (Wildman–Crippen LogP) is 1.40. The van der Waals surface area contributed by atoms with Gasteiger partial charge in [0.1, 0.15) is 18.2 Å². The Morgan fingerprint density at radius 2 is 1.80 bits per heavy atom. The molecule has 0 aliphatic carbocycles. The molecule has 6 heteroatoms. The van der Waals surface area contributed by atoms with Crippen LogP contribution in [-0.2, 0) is 28.6 Å². The molecule has 0 N–H and O–H groups in total. The monoisotopic (exact) mass is 286 g/mol. The van der Waals surface area contributed by atoms with Gasteiger partial charge in [-0.25, -0.2) is 0 Å². The summed E-state index contributed by atoms with van der Waals surface area (Å²) in [5.41, 5.74) is -0.512. The van der Waals surface area contributed by atoms with Gasteiger partial charge >= 0.3 is 5.97 Å². The Morgan fingerprint density at radius 3 is 2.40 bits per heavy atom. The van der Waals surface area contributed by atoms with Crippen molar-refractivity contribution in [3.8, 4) is 0 Å². The molecule has 2 unspecified atom stereocenters. The van der Waals surface area contributed by atoms with Crippen molar-refractivity contribution in [1.29, 1.82) is 0 Å². The Balaban J connectivity index is 2.25. The lowest BCUT2D eigenvalue weighted by atomic mass is 10.0. The Labute approximate surface area is 118 Å². The second kappa shape index (κ2) is 7.50. The summed E-state index contributed by atoms with van der Waals surface area (Å²) in [5.74, 6) is -0.384. The van der Waals surface area contributed by atoms with Crippen LogP contribution in [0.4, 0.5) is 0 Å². The molecule has 0 amide bonds. The third kappa shape index (κ3) is 6.25. The second-order valence-corrected chi connectivity index (χ2v) is 5.40. The minimum absolute atomic E-state index is 0.00635. The van der Waals surface area contributed by atoms with Gasteiger partial charge in [0.2, 0.25) is 0 Å². The molecule has 1 heterocycles. The molecule has 1 rings (SSSR count). The number of rotatable bonds is 8. The minimum atomic E-state index is -0.603. The maximum absolute atomic E-state index is 11.4. The van der Waals surface area contributed by atoms with Crippen LogP contribution in [0.3, 0.4) is 0 Å². The van der Waals surface area contributed by atoms with E-state index in [1.165, 1.54) is 13.8 Å². The summed E-state index contributed by atoms with van der Waals surface area (Å²) < 4.78 is 16.0. The maximum Gasteiger partial charge on any atom is 0.306 e. The van der Waals surface area contributed by atoms with Crippen LogP contribution >= 0.6 is 0 Å². The van der Waals surface area contributed by atoms with Gasteiger partial charge in [-0.05, 0) is 27.2 Å². The van der Waals surface area contributed by atoms with Crippen molar-refractivity contribution >= 4 is 17.5 Å². The molecule has 1 aliphatic rings. The zero-order valence-corrected chi connectivity index (χ0v) is 12.3. The third-order valence-electron chi connectivity index (χ3n) is 3.06. The van der Waals surface area contributed by atoms with Gasteiger partial charge in [0.15, 0.2) is 6.29 Å². The summed E-state index contributed by atoms with van der Waals surface area (Å²) in [6.07, 6.45) is 0.668. The molecule has 0 aromatic carbocycles. The van der Waals surface area contributed by atoms with Gasteiger partial charge in [-0.1, -0.05) is 0 Å².